The van der Waals surface area contributed by atoms with E-state index in [0.717, 1.165) is 5.69 Å². The van der Waals surface area contributed by atoms with E-state index in [2.05, 4.69) is 0 Å². The summed E-state index contributed by atoms with van der Waals surface area (Å²) in [5.74, 6) is -0.0293. The van der Waals surface area contributed by atoms with E-state index in [-0.39, 0.29) is 15.7 Å². The Labute approximate surface area is 135 Å². The van der Waals surface area contributed by atoms with Crippen molar-refractivity contribution in [1.29, 1.82) is 0 Å². The van der Waals surface area contributed by atoms with E-state index in [1.165, 1.54) is 12.1 Å². The standard InChI is InChI=1S/C15H15Cl2NO2S/c1-18(13-5-3-2-4-6-13)9-10-21(19,20)15-11-12(16)7-8-14(15)17/h2-8,11H,9-10H2,1H3. The lowest BCUT2D eigenvalue weighted by Gasteiger charge is -2.19. The molecule has 0 radical (unpaired) electrons. The van der Waals surface area contributed by atoms with Crippen LogP contribution in [0.5, 0.6) is 0 Å². The van der Waals surface area contributed by atoms with Crippen LogP contribution in [0.1, 0.15) is 0 Å². The van der Waals surface area contributed by atoms with Gasteiger partial charge in [-0.15, -0.1) is 0 Å². The van der Waals surface area contributed by atoms with Crippen molar-refractivity contribution < 1.29 is 8.42 Å². The Hall–Kier alpha value is -1.23. The molecule has 6 heteroatoms. The number of anilines is 1. The minimum atomic E-state index is -3.47. The van der Waals surface area contributed by atoms with Crippen molar-refractivity contribution >= 4 is 38.7 Å². The van der Waals surface area contributed by atoms with Crippen LogP contribution in [0.3, 0.4) is 0 Å². The van der Waals surface area contributed by atoms with Crippen LogP contribution in [0.2, 0.25) is 10.0 Å². The van der Waals surface area contributed by atoms with Crippen molar-refractivity contribution in [3.8, 4) is 0 Å². The minimum absolute atomic E-state index is 0.0293. The van der Waals surface area contributed by atoms with Crippen molar-refractivity contribution in [2.45, 2.75) is 4.90 Å². The van der Waals surface area contributed by atoms with Crippen LogP contribution >= 0.6 is 23.2 Å². The zero-order valence-electron chi connectivity index (χ0n) is 11.5. The Balaban J connectivity index is 2.13. The summed E-state index contributed by atoms with van der Waals surface area (Å²) < 4.78 is 24.7. The second-order valence-corrected chi connectivity index (χ2v) is 7.57. The predicted molar refractivity (Wildman–Crippen MR) is 88.2 cm³/mol. The molecule has 112 valence electrons. The third kappa shape index (κ3) is 4.13. The van der Waals surface area contributed by atoms with Gasteiger partial charge in [-0.1, -0.05) is 41.4 Å². The molecule has 0 unspecified atom stereocenters. The van der Waals surface area contributed by atoms with E-state index in [1.807, 2.05) is 42.3 Å². The van der Waals surface area contributed by atoms with E-state index in [4.69, 9.17) is 23.2 Å². The van der Waals surface area contributed by atoms with Gasteiger partial charge in [-0.2, -0.15) is 0 Å². The largest absolute Gasteiger partial charge is 0.374 e. The Morgan fingerprint density at radius 3 is 2.38 bits per heavy atom. The van der Waals surface area contributed by atoms with Crippen molar-refractivity contribution in [2.24, 2.45) is 0 Å². The number of nitrogens with zero attached hydrogens (tertiary/aromatic N) is 1. The Morgan fingerprint density at radius 1 is 1.05 bits per heavy atom. The van der Waals surface area contributed by atoms with Crippen LogP contribution in [-0.2, 0) is 9.84 Å². The van der Waals surface area contributed by atoms with Gasteiger partial charge in [0.2, 0.25) is 0 Å². The van der Waals surface area contributed by atoms with E-state index < -0.39 is 9.84 Å². The summed E-state index contributed by atoms with van der Waals surface area (Å²) in [7, 11) is -1.62. The van der Waals surface area contributed by atoms with Gasteiger partial charge < -0.3 is 4.90 Å². The SMILES string of the molecule is CN(CCS(=O)(=O)c1cc(Cl)ccc1Cl)c1ccccc1. The first kappa shape index (κ1) is 16.1. The molecule has 0 aliphatic heterocycles. The van der Waals surface area contributed by atoms with Gasteiger partial charge in [0.15, 0.2) is 9.84 Å². The number of benzene rings is 2. The number of para-hydroxylation sites is 1. The quantitative estimate of drug-likeness (QED) is 0.825. The number of rotatable bonds is 5. The molecule has 0 aliphatic carbocycles. The lowest BCUT2D eigenvalue weighted by atomic mass is 10.3. The first-order chi connectivity index (χ1) is 9.90. The fourth-order valence-corrected chi connectivity index (χ4v) is 4.01. The molecule has 0 aliphatic rings. The Morgan fingerprint density at radius 2 is 1.71 bits per heavy atom. The maximum Gasteiger partial charge on any atom is 0.181 e. The molecule has 0 amide bonds. The molecule has 0 saturated heterocycles. The summed E-state index contributed by atoms with van der Waals surface area (Å²) in [6.45, 7) is 0.370. The van der Waals surface area contributed by atoms with E-state index in [0.29, 0.717) is 11.6 Å². The lowest BCUT2D eigenvalue weighted by Crippen LogP contribution is -2.25. The van der Waals surface area contributed by atoms with Gasteiger partial charge in [0.1, 0.15) is 0 Å². The highest BCUT2D eigenvalue weighted by molar-refractivity contribution is 7.91. The van der Waals surface area contributed by atoms with Gasteiger partial charge in [0.05, 0.1) is 15.7 Å². The number of sulfone groups is 1. The Kier molecular flexibility index (Phi) is 5.14. The highest BCUT2D eigenvalue weighted by Crippen LogP contribution is 2.26. The van der Waals surface area contributed by atoms with Crippen molar-refractivity contribution in [2.75, 3.05) is 24.2 Å². The van der Waals surface area contributed by atoms with Crippen molar-refractivity contribution in [3.05, 3.63) is 58.6 Å². The molecule has 2 aromatic carbocycles. The van der Waals surface area contributed by atoms with E-state index in [1.54, 1.807) is 6.07 Å². The Bertz CT molecular complexity index is 718. The summed E-state index contributed by atoms with van der Waals surface area (Å²) in [6.07, 6.45) is 0. The van der Waals surface area contributed by atoms with Crippen LogP contribution in [-0.4, -0.2) is 27.8 Å². The first-order valence-electron chi connectivity index (χ1n) is 6.34. The molecular formula is C15H15Cl2NO2S. The fourth-order valence-electron chi connectivity index (χ4n) is 1.89. The van der Waals surface area contributed by atoms with Crippen LogP contribution in [0, 0.1) is 0 Å². The molecular weight excluding hydrogens is 329 g/mol. The lowest BCUT2D eigenvalue weighted by molar-refractivity contribution is 0.595. The number of hydrogen-bond acceptors (Lipinski definition) is 3. The molecule has 0 fully saturated rings. The van der Waals surface area contributed by atoms with Gasteiger partial charge in [-0.25, -0.2) is 8.42 Å². The molecule has 0 atom stereocenters. The van der Waals surface area contributed by atoms with Crippen LogP contribution in [0.15, 0.2) is 53.4 Å². The third-order valence-corrected chi connectivity index (χ3v) is 5.53. The van der Waals surface area contributed by atoms with Gasteiger partial charge in [-0.3, -0.25) is 0 Å². The average molecular weight is 344 g/mol. The predicted octanol–water partition coefficient (Wildman–Crippen LogP) is 3.90. The normalized spacial score (nSPS) is 11.4. The summed E-state index contributed by atoms with van der Waals surface area (Å²) in [5, 5.41) is 0.552. The third-order valence-electron chi connectivity index (χ3n) is 3.12. The molecule has 2 aromatic rings. The number of halogens is 2. The molecule has 0 N–H and O–H groups in total. The van der Waals surface area contributed by atoms with Crippen LogP contribution in [0.4, 0.5) is 5.69 Å². The molecule has 0 spiro atoms. The van der Waals surface area contributed by atoms with Gasteiger partial charge in [0.25, 0.3) is 0 Å². The summed E-state index contributed by atoms with van der Waals surface area (Å²) >= 11 is 11.8. The average Bonchev–Trinajstić information content (AvgIpc) is 2.48. The molecule has 3 nitrogen and oxygen atoms in total. The molecule has 2 rings (SSSR count). The second kappa shape index (κ2) is 6.69. The smallest absolute Gasteiger partial charge is 0.181 e. The summed E-state index contributed by atoms with van der Waals surface area (Å²) in [4.78, 5) is 1.97. The van der Waals surface area contributed by atoms with Gasteiger partial charge >= 0.3 is 0 Å². The molecule has 21 heavy (non-hydrogen) atoms. The van der Waals surface area contributed by atoms with E-state index in [9.17, 15) is 8.42 Å². The monoisotopic (exact) mass is 343 g/mol. The topological polar surface area (TPSA) is 37.4 Å². The number of hydrogen-bond donors (Lipinski definition) is 0. The first-order valence-corrected chi connectivity index (χ1v) is 8.75. The summed E-state index contributed by atoms with van der Waals surface area (Å²) in [5.41, 5.74) is 0.963. The maximum absolute atomic E-state index is 12.4. The van der Waals surface area contributed by atoms with Crippen LogP contribution < -0.4 is 4.90 Å². The van der Waals surface area contributed by atoms with Crippen molar-refractivity contribution in [3.63, 3.8) is 0 Å². The van der Waals surface area contributed by atoms with Gasteiger partial charge in [0, 0.05) is 24.3 Å². The highest BCUT2D eigenvalue weighted by atomic mass is 35.5. The molecule has 0 aromatic heterocycles. The highest BCUT2D eigenvalue weighted by Gasteiger charge is 2.19. The minimum Gasteiger partial charge on any atom is -0.374 e. The molecule has 0 bridgehead atoms. The summed E-state index contributed by atoms with van der Waals surface area (Å²) in [6, 6.07) is 14.1. The maximum atomic E-state index is 12.4. The van der Waals surface area contributed by atoms with Crippen molar-refractivity contribution in [1.82, 2.24) is 0 Å². The molecule has 0 saturated carbocycles. The van der Waals surface area contributed by atoms with Gasteiger partial charge in [-0.05, 0) is 30.3 Å². The van der Waals surface area contributed by atoms with Crippen LogP contribution in [0.25, 0.3) is 0 Å². The zero-order chi connectivity index (χ0) is 15.5. The van der Waals surface area contributed by atoms with E-state index >= 15 is 0 Å². The zero-order valence-corrected chi connectivity index (χ0v) is 13.8. The second-order valence-electron chi connectivity index (χ2n) is 4.65. The molecule has 0 heterocycles. The fraction of sp³-hybridized carbons (Fsp3) is 0.200.